The molecular formula is C12H10F5OPS3. The third-order valence-electron chi connectivity index (χ3n) is 3.54. The first-order valence-electron chi connectivity index (χ1n) is 6.50. The standard InChI is InChI=1S/C12H10F5OPS3/c13-7-8(14)10(16)12(11(17)9(7)15)22-19(20)18-5-3-1-2-4-6(5)21-19/h5-6H,1-4H2. The fourth-order valence-electron chi connectivity index (χ4n) is 2.48. The molecule has 1 aromatic carbocycles. The molecule has 0 spiro atoms. The molecule has 0 aromatic heterocycles. The van der Waals surface area contributed by atoms with Crippen molar-refractivity contribution in [3.63, 3.8) is 0 Å². The van der Waals surface area contributed by atoms with E-state index in [9.17, 15) is 22.0 Å². The summed E-state index contributed by atoms with van der Waals surface area (Å²) in [7, 11) is 0. The number of benzene rings is 1. The first kappa shape index (κ1) is 17.0. The average Bonchev–Trinajstić information content (AvgIpc) is 2.84. The minimum atomic E-state index is -2.78. The molecule has 0 N–H and O–H groups in total. The molecule has 1 aromatic rings. The third-order valence-corrected chi connectivity index (χ3v) is 12.4. The van der Waals surface area contributed by atoms with Gasteiger partial charge in [-0.2, -0.15) is 0 Å². The van der Waals surface area contributed by atoms with Crippen molar-refractivity contribution in [3.05, 3.63) is 29.1 Å². The molecule has 0 radical (unpaired) electrons. The van der Waals surface area contributed by atoms with Crippen molar-refractivity contribution >= 4 is 39.2 Å². The predicted molar refractivity (Wildman–Crippen MR) is 81.1 cm³/mol. The average molecular weight is 392 g/mol. The van der Waals surface area contributed by atoms with Gasteiger partial charge in [-0.1, -0.05) is 24.2 Å². The molecule has 122 valence electrons. The topological polar surface area (TPSA) is 9.23 Å². The maximum atomic E-state index is 13.8. The van der Waals surface area contributed by atoms with Crippen LogP contribution < -0.4 is 0 Å². The third kappa shape index (κ3) is 2.95. The van der Waals surface area contributed by atoms with Crippen LogP contribution in [0.1, 0.15) is 25.7 Å². The molecule has 1 aliphatic heterocycles. The quantitative estimate of drug-likeness (QED) is 0.273. The summed E-state index contributed by atoms with van der Waals surface area (Å²) in [6.07, 6.45) is 3.64. The van der Waals surface area contributed by atoms with Crippen molar-refractivity contribution in [1.29, 1.82) is 0 Å². The van der Waals surface area contributed by atoms with E-state index in [0.29, 0.717) is 11.4 Å². The van der Waals surface area contributed by atoms with Gasteiger partial charge in [0, 0.05) is 5.25 Å². The van der Waals surface area contributed by atoms with Crippen LogP contribution in [0.25, 0.3) is 0 Å². The maximum absolute atomic E-state index is 13.8. The lowest BCUT2D eigenvalue weighted by atomic mass is 9.97. The highest BCUT2D eigenvalue weighted by atomic mass is 33.2. The number of fused-ring (bicyclic) bond motifs is 1. The Balaban J connectivity index is 1.92. The molecule has 3 unspecified atom stereocenters. The van der Waals surface area contributed by atoms with E-state index in [0.717, 1.165) is 25.7 Å². The summed E-state index contributed by atoms with van der Waals surface area (Å²) < 4.78 is 70.1. The zero-order valence-electron chi connectivity index (χ0n) is 11.0. The van der Waals surface area contributed by atoms with Crippen LogP contribution in [0, 0.1) is 29.1 Å². The van der Waals surface area contributed by atoms with E-state index < -0.39 is 38.7 Å². The second-order valence-electron chi connectivity index (χ2n) is 5.01. The van der Waals surface area contributed by atoms with Gasteiger partial charge in [0.05, 0.1) is 11.0 Å². The Morgan fingerprint density at radius 3 is 2.09 bits per heavy atom. The smallest absolute Gasteiger partial charge is 0.200 e. The van der Waals surface area contributed by atoms with E-state index in [2.05, 4.69) is 0 Å². The Hall–Kier alpha value is 0.180. The molecule has 1 saturated carbocycles. The molecule has 2 aliphatic rings. The molecule has 22 heavy (non-hydrogen) atoms. The lowest BCUT2D eigenvalue weighted by molar-refractivity contribution is 0.196. The lowest BCUT2D eigenvalue weighted by Crippen LogP contribution is -2.23. The van der Waals surface area contributed by atoms with Crippen LogP contribution in [-0.2, 0) is 16.3 Å². The molecule has 3 rings (SSSR count). The summed E-state index contributed by atoms with van der Waals surface area (Å²) in [6.45, 7) is 0. The molecule has 0 amide bonds. The molecule has 1 saturated heterocycles. The van der Waals surface area contributed by atoms with Gasteiger partial charge in [-0.15, -0.1) is 0 Å². The monoisotopic (exact) mass is 392 g/mol. The maximum Gasteiger partial charge on any atom is 0.200 e. The van der Waals surface area contributed by atoms with Gasteiger partial charge >= 0.3 is 0 Å². The highest BCUT2D eigenvalue weighted by Crippen LogP contribution is 2.79. The van der Waals surface area contributed by atoms with Crippen molar-refractivity contribution in [3.8, 4) is 0 Å². The van der Waals surface area contributed by atoms with Gasteiger partial charge in [0.25, 0.3) is 0 Å². The second kappa shape index (κ2) is 6.24. The minimum absolute atomic E-state index is 0.0849. The summed E-state index contributed by atoms with van der Waals surface area (Å²) in [5, 5.41) is 0.147. The van der Waals surface area contributed by atoms with Crippen molar-refractivity contribution in [2.24, 2.45) is 0 Å². The fraction of sp³-hybridized carbons (Fsp3) is 0.500. The van der Waals surface area contributed by atoms with Crippen LogP contribution in [0.5, 0.6) is 0 Å². The number of rotatable bonds is 2. The highest BCUT2D eigenvalue weighted by molar-refractivity contribution is 8.99. The molecule has 1 heterocycles. The largest absolute Gasteiger partial charge is 0.329 e. The van der Waals surface area contributed by atoms with Gasteiger partial charge < -0.3 is 4.52 Å². The van der Waals surface area contributed by atoms with E-state index in [1.807, 2.05) is 0 Å². The van der Waals surface area contributed by atoms with Gasteiger partial charge in [-0.05, 0) is 36.0 Å². The Kier molecular flexibility index (Phi) is 4.83. The van der Waals surface area contributed by atoms with Crippen LogP contribution in [0.4, 0.5) is 22.0 Å². The van der Waals surface area contributed by atoms with Crippen molar-refractivity contribution in [2.45, 2.75) is 41.9 Å². The fourth-order valence-corrected chi connectivity index (χ4v) is 12.8. The molecule has 2 fully saturated rings. The van der Waals surface area contributed by atoms with Gasteiger partial charge in [0.2, 0.25) is 5.82 Å². The van der Waals surface area contributed by atoms with Crippen LogP contribution in [-0.4, -0.2) is 11.4 Å². The van der Waals surface area contributed by atoms with Crippen LogP contribution in [0.2, 0.25) is 0 Å². The van der Waals surface area contributed by atoms with E-state index in [-0.39, 0.29) is 11.4 Å². The zero-order valence-corrected chi connectivity index (χ0v) is 14.3. The predicted octanol–water partition coefficient (Wildman–Crippen LogP) is 5.77. The van der Waals surface area contributed by atoms with E-state index in [1.165, 1.54) is 11.4 Å². The second-order valence-corrected chi connectivity index (χ2v) is 15.4. The summed E-state index contributed by atoms with van der Waals surface area (Å²) in [5.74, 6) is -9.76. The summed E-state index contributed by atoms with van der Waals surface area (Å²) >= 11 is 7.14. The molecule has 3 atom stereocenters. The summed E-state index contributed by atoms with van der Waals surface area (Å²) in [4.78, 5) is -0.939. The van der Waals surface area contributed by atoms with E-state index >= 15 is 0 Å². The molecule has 1 aliphatic carbocycles. The van der Waals surface area contributed by atoms with E-state index in [1.54, 1.807) is 0 Å². The Morgan fingerprint density at radius 2 is 1.50 bits per heavy atom. The molecule has 1 nitrogen and oxygen atoms in total. The normalized spacial score (nSPS) is 31.3. The molecule has 0 bridgehead atoms. The van der Waals surface area contributed by atoms with Crippen LogP contribution >= 0.6 is 27.4 Å². The van der Waals surface area contributed by atoms with Crippen molar-refractivity contribution < 1.29 is 26.5 Å². The van der Waals surface area contributed by atoms with Crippen molar-refractivity contribution in [1.82, 2.24) is 0 Å². The number of hydrogen-bond donors (Lipinski definition) is 0. The summed E-state index contributed by atoms with van der Waals surface area (Å²) in [5.41, 5.74) is 0. The van der Waals surface area contributed by atoms with Crippen LogP contribution in [0.3, 0.4) is 0 Å². The first-order valence-corrected chi connectivity index (χ1v) is 12.1. The van der Waals surface area contributed by atoms with Crippen LogP contribution in [0.15, 0.2) is 4.90 Å². The number of hydrogen-bond acceptors (Lipinski definition) is 4. The summed E-state index contributed by atoms with van der Waals surface area (Å²) in [6, 6.07) is 0. The Labute approximate surface area is 137 Å². The zero-order chi connectivity index (χ0) is 16.1. The Morgan fingerprint density at radius 1 is 0.955 bits per heavy atom. The van der Waals surface area contributed by atoms with E-state index in [4.69, 9.17) is 16.3 Å². The lowest BCUT2D eigenvalue weighted by Gasteiger charge is -2.21. The molecule has 10 heteroatoms. The number of halogens is 5. The van der Waals surface area contributed by atoms with Crippen molar-refractivity contribution in [2.75, 3.05) is 0 Å². The first-order chi connectivity index (χ1) is 10.3. The molecular weight excluding hydrogens is 382 g/mol. The van der Waals surface area contributed by atoms with Gasteiger partial charge in [-0.3, -0.25) is 0 Å². The van der Waals surface area contributed by atoms with Gasteiger partial charge in [-0.25, -0.2) is 22.0 Å². The minimum Gasteiger partial charge on any atom is -0.329 e. The van der Waals surface area contributed by atoms with Gasteiger partial charge in [0.1, 0.15) is 0 Å². The highest BCUT2D eigenvalue weighted by Gasteiger charge is 2.44. The Bertz CT molecular complexity index is 624. The van der Waals surface area contributed by atoms with Gasteiger partial charge in [0.15, 0.2) is 27.9 Å². The SMILES string of the molecule is Fc1c(F)c(F)c(SP2(=S)OC3CCCCC3S2)c(F)c1F.